The number of aromatic nitrogens is 3. The van der Waals surface area contributed by atoms with Crippen LogP contribution in [0.2, 0.25) is 0 Å². The Morgan fingerprint density at radius 3 is 2.95 bits per heavy atom. The van der Waals surface area contributed by atoms with Crippen LogP contribution in [0.15, 0.2) is 30.7 Å². The summed E-state index contributed by atoms with van der Waals surface area (Å²) < 4.78 is 7.65. The maximum absolute atomic E-state index is 5.83. The van der Waals surface area contributed by atoms with Crippen LogP contribution in [0.25, 0.3) is 0 Å². The summed E-state index contributed by atoms with van der Waals surface area (Å²) in [5.74, 6) is 1.34. The molecule has 1 N–H and O–H groups in total. The van der Waals surface area contributed by atoms with Gasteiger partial charge in [0, 0.05) is 24.3 Å². The largest absolute Gasteiger partial charge is 0.435 e. The topological polar surface area (TPSA) is 52.0 Å². The fourth-order valence-corrected chi connectivity index (χ4v) is 1.92. The van der Waals surface area contributed by atoms with E-state index in [1.54, 1.807) is 12.4 Å². The highest BCUT2D eigenvalue weighted by Crippen LogP contribution is 2.26. The van der Waals surface area contributed by atoms with Crippen molar-refractivity contribution in [3.8, 4) is 11.6 Å². The molecule has 0 aliphatic heterocycles. The van der Waals surface area contributed by atoms with Crippen molar-refractivity contribution in [1.82, 2.24) is 20.1 Å². The number of ether oxygens (including phenoxy) is 1. The van der Waals surface area contributed by atoms with Crippen molar-refractivity contribution in [3.05, 3.63) is 36.3 Å². The zero-order valence-corrected chi connectivity index (χ0v) is 11.6. The fraction of sp³-hybridized carbons (Fsp3) is 0.429. The third-order valence-electron chi connectivity index (χ3n) is 2.93. The second-order valence-corrected chi connectivity index (χ2v) is 4.31. The second-order valence-electron chi connectivity index (χ2n) is 4.31. The molecule has 0 aliphatic carbocycles. The molecule has 5 nitrogen and oxygen atoms in total. The molecule has 0 radical (unpaired) electrons. The highest BCUT2D eigenvalue weighted by molar-refractivity contribution is 5.32. The lowest BCUT2D eigenvalue weighted by Crippen LogP contribution is -2.18. The molecule has 0 amide bonds. The molecule has 0 aromatic carbocycles. The lowest BCUT2D eigenvalue weighted by molar-refractivity contribution is 0.443. The van der Waals surface area contributed by atoms with Crippen LogP contribution in [0, 0.1) is 0 Å². The SMILES string of the molecule is CCNC(C)c1cccnc1Oc1cnn(CC)c1. The molecule has 2 rings (SSSR count). The summed E-state index contributed by atoms with van der Waals surface area (Å²) >= 11 is 0. The van der Waals surface area contributed by atoms with Gasteiger partial charge in [-0.1, -0.05) is 13.0 Å². The number of hydrogen-bond donors (Lipinski definition) is 1. The Morgan fingerprint density at radius 2 is 2.26 bits per heavy atom. The van der Waals surface area contributed by atoms with Gasteiger partial charge in [-0.25, -0.2) is 4.98 Å². The van der Waals surface area contributed by atoms with Crippen LogP contribution in [0.3, 0.4) is 0 Å². The van der Waals surface area contributed by atoms with Gasteiger partial charge >= 0.3 is 0 Å². The molecular formula is C14H20N4O. The van der Waals surface area contributed by atoms with Crippen LogP contribution in [0.4, 0.5) is 0 Å². The van der Waals surface area contributed by atoms with E-state index in [0.717, 1.165) is 18.7 Å². The minimum absolute atomic E-state index is 0.204. The van der Waals surface area contributed by atoms with Crippen LogP contribution in [0.1, 0.15) is 32.4 Å². The number of aryl methyl sites for hydroxylation is 1. The van der Waals surface area contributed by atoms with Crippen LogP contribution in [0.5, 0.6) is 11.6 Å². The van der Waals surface area contributed by atoms with Crippen molar-refractivity contribution in [2.24, 2.45) is 0 Å². The van der Waals surface area contributed by atoms with Gasteiger partial charge in [-0.2, -0.15) is 5.10 Å². The van der Waals surface area contributed by atoms with Crippen molar-refractivity contribution >= 4 is 0 Å². The van der Waals surface area contributed by atoms with Gasteiger partial charge in [0.1, 0.15) is 0 Å². The summed E-state index contributed by atoms with van der Waals surface area (Å²) in [6.07, 6.45) is 5.32. The Balaban J connectivity index is 2.19. The lowest BCUT2D eigenvalue weighted by Gasteiger charge is -2.15. The summed E-state index contributed by atoms with van der Waals surface area (Å²) in [7, 11) is 0. The summed E-state index contributed by atoms with van der Waals surface area (Å²) in [6.45, 7) is 7.95. The molecule has 2 aromatic rings. The fourth-order valence-electron chi connectivity index (χ4n) is 1.92. The minimum Gasteiger partial charge on any atom is -0.435 e. The Kier molecular flexibility index (Phi) is 4.52. The van der Waals surface area contributed by atoms with Gasteiger partial charge in [0.05, 0.1) is 12.4 Å². The third kappa shape index (κ3) is 3.32. The van der Waals surface area contributed by atoms with E-state index in [1.807, 2.05) is 29.9 Å². The summed E-state index contributed by atoms with van der Waals surface area (Å²) in [5.41, 5.74) is 1.05. The average Bonchev–Trinajstić information content (AvgIpc) is 2.87. The molecule has 0 aliphatic rings. The van der Waals surface area contributed by atoms with Crippen LogP contribution < -0.4 is 10.1 Å². The van der Waals surface area contributed by atoms with Gasteiger partial charge in [-0.15, -0.1) is 0 Å². The summed E-state index contributed by atoms with van der Waals surface area (Å²) in [5, 5.41) is 7.55. The smallest absolute Gasteiger partial charge is 0.224 e. The van der Waals surface area contributed by atoms with E-state index in [9.17, 15) is 0 Å². The van der Waals surface area contributed by atoms with Crippen molar-refractivity contribution < 1.29 is 4.74 Å². The molecule has 0 fully saturated rings. The number of rotatable bonds is 6. The Labute approximate surface area is 113 Å². The highest BCUT2D eigenvalue weighted by Gasteiger charge is 2.12. The van der Waals surface area contributed by atoms with Gasteiger partial charge in [-0.3, -0.25) is 4.68 Å². The van der Waals surface area contributed by atoms with E-state index in [1.165, 1.54) is 0 Å². The average molecular weight is 260 g/mol. The third-order valence-corrected chi connectivity index (χ3v) is 2.93. The molecule has 0 spiro atoms. The van der Waals surface area contributed by atoms with Crippen molar-refractivity contribution in [2.75, 3.05) is 6.54 Å². The zero-order chi connectivity index (χ0) is 13.7. The van der Waals surface area contributed by atoms with Gasteiger partial charge in [0.2, 0.25) is 5.88 Å². The van der Waals surface area contributed by atoms with E-state index < -0.39 is 0 Å². The molecule has 19 heavy (non-hydrogen) atoms. The number of nitrogens with one attached hydrogen (secondary N) is 1. The molecular weight excluding hydrogens is 240 g/mol. The molecule has 0 saturated heterocycles. The predicted octanol–water partition coefficient (Wildman–Crippen LogP) is 2.76. The summed E-state index contributed by atoms with van der Waals surface area (Å²) in [6, 6.07) is 4.15. The standard InChI is InChI=1S/C14H20N4O/c1-4-15-11(3)13-7-6-8-16-14(13)19-12-9-17-18(5-2)10-12/h6-11,15H,4-5H2,1-3H3. The number of nitrogens with zero attached hydrogens (tertiary/aromatic N) is 3. The Morgan fingerprint density at radius 1 is 1.42 bits per heavy atom. The summed E-state index contributed by atoms with van der Waals surface area (Å²) in [4.78, 5) is 4.31. The van der Waals surface area contributed by atoms with E-state index in [0.29, 0.717) is 11.6 Å². The van der Waals surface area contributed by atoms with E-state index in [-0.39, 0.29) is 6.04 Å². The number of pyridine rings is 1. The normalized spacial score (nSPS) is 12.4. The first-order valence-corrected chi connectivity index (χ1v) is 6.63. The van der Waals surface area contributed by atoms with E-state index >= 15 is 0 Å². The molecule has 0 bridgehead atoms. The quantitative estimate of drug-likeness (QED) is 0.867. The van der Waals surface area contributed by atoms with Gasteiger partial charge in [0.25, 0.3) is 0 Å². The maximum Gasteiger partial charge on any atom is 0.224 e. The van der Waals surface area contributed by atoms with Crippen molar-refractivity contribution in [2.45, 2.75) is 33.4 Å². The van der Waals surface area contributed by atoms with Crippen molar-refractivity contribution in [1.29, 1.82) is 0 Å². The van der Waals surface area contributed by atoms with Gasteiger partial charge < -0.3 is 10.1 Å². The first-order valence-electron chi connectivity index (χ1n) is 6.63. The monoisotopic (exact) mass is 260 g/mol. The van der Waals surface area contributed by atoms with Gasteiger partial charge in [-0.05, 0) is 26.5 Å². The highest BCUT2D eigenvalue weighted by atomic mass is 16.5. The molecule has 1 atom stereocenters. The lowest BCUT2D eigenvalue weighted by atomic mass is 10.1. The number of hydrogen-bond acceptors (Lipinski definition) is 4. The van der Waals surface area contributed by atoms with E-state index in [2.05, 4.69) is 29.2 Å². The molecule has 2 heterocycles. The van der Waals surface area contributed by atoms with Crippen LogP contribution in [-0.2, 0) is 6.54 Å². The van der Waals surface area contributed by atoms with E-state index in [4.69, 9.17) is 4.74 Å². The van der Waals surface area contributed by atoms with Crippen molar-refractivity contribution in [3.63, 3.8) is 0 Å². The maximum atomic E-state index is 5.83. The molecule has 2 aromatic heterocycles. The predicted molar refractivity (Wildman–Crippen MR) is 74.3 cm³/mol. The molecule has 5 heteroatoms. The van der Waals surface area contributed by atoms with Crippen LogP contribution >= 0.6 is 0 Å². The molecule has 1 unspecified atom stereocenters. The molecule has 102 valence electrons. The minimum atomic E-state index is 0.204. The van der Waals surface area contributed by atoms with Gasteiger partial charge in [0.15, 0.2) is 5.75 Å². The zero-order valence-electron chi connectivity index (χ0n) is 11.6. The second kappa shape index (κ2) is 6.33. The Bertz CT molecular complexity index is 524. The Hall–Kier alpha value is -1.88. The van der Waals surface area contributed by atoms with Crippen LogP contribution in [-0.4, -0.2) is 21.3 Å². The first kappa shape index (κ1) is 13.5. The first-order chi connectivity index (χ1) is 9.24. The molecule has 0 saturated carbocycles.